The maximum atomic E-state index is 13.7. The lowest BCUT2D eigenvalue weighted by Gasteiger charge is -2.14. The van der Waals surface area contributed by atoms with E-state index in [1.165, 1.54) is 14.0 Å². The Morgan fingerprint density at radius 3 is 2.30 bits per heavy atom. The second kappa shape index (κ2) is 5.40. The second-order valence-corrected chi connectivity index (χ2v) is 4.49. The Bertz CT molecular complexity index is 604. The molecule has 1 atom stereocenters. The molecule has 0 spiro atoms. The SMILES string of the molecule is COc1cc(OC)c(C(C)F)cc1-c1cc(N)n(C)n1. The summed E-state index contributed by atoms with van der Waals surface area (Å²) in [6, 6.07) is 5.06. The van der Waals surface area contributed by atoms with Crippen LogP contribution in [0.5, 0.6) is 11.5 Å². The molecule has 1 aromatic heterocycles. The average molecular weight is 279 g/mol. The predicted octanol–water partition coefficient (Wildman–Crippen LogP) is 2.72. The molecule has 0 bridgehead atoms. The summed E-state index contributed by atoms with van der Waals surface area (Å²) in [6.07, 6.45) is -1.16. The molecule has 5 nitrogen and oxygen atoms in total. The highest BCUT2D eigenvalue weighted by Gasteiger charge is 2.18. The van der Waals surface area contributed by atoms with Gasteiger partial charge in [0.25, 0.3) is 0 Å². The van der Waals surface area contributed by atoms with Crippen LogP contribution in [0.25, 0.3) is 11.3 Å². The van der Waals surface area contributed by atoms with Crippen LogP contribution in [-0.4, -0.2) is 24.0 Å². The van der Waals surface area contributed by atoms with E-state index in [0.29, 0.717) is 34.1 Å². The Hall–Kier alpha value is -2.24. The molecule has 0 aliphatic carbocycles. The number of hydrogen-bond acceptors (Lipinski definition) is 4. The molecule has 2 N–H and O–H groups in total. The van der Waals surface area contributed by atoms with Crippen molar-refractivity contribution in [2.75, 3.05) is 20.0 Å². The smallest absolute Gasteiger partial charge is 0.132 e. The Balaban J connectivity index is 2.64. The first-order chi connectivity index (χ1) is 9.47. The number of alkyl halides is 1. The van der Waals surface area contributed by atoms with Crippen molar-refractivity contribution in [2.24, 2.45) is 7.05 Å². The quantitative estimate of drug-likeness (QED) is 0.934. The zero-order chi connectivity index (χ0) is 14.9. The molecule has 108 valence electrons. The van der Waals surface area contributed by atoms with Gasteiger partial charge in [-0.15, -0.1) is 0 Å². The summed E-state index contributed by atoms with van der Waals surface area (Å²) in [7, 11) is 4.79. The van der Waals surface area contributed by atoms with Crippen molar-refractivity contribution in [3.8, 4) is 22.8 Å². The fourth-order valence-corrected chi connectivity index (χ4v) is 2.05. The molecule has 2 rings (SSSR count). The number of hydrogen-bond donors (Lipinski definition) is 1. The maximum Gasteiger partial charge on any atom is 0.132 e. The first kappa shape index (κ1) is 14.2. The number of rotatable bonds is 4. The molecule has 0 saturated carbocycles. The van der Waals surface area contributed by atoms with Crippen LogP contribution >= 0.6 is 0 Å². The predicted molar refractivity (Wildman–Crippen MR) is 75.7 cm³/mol. The molecule has 1 unspecified atom stereocenters. The van der Waals surface area contributed by atoms with Gasteiger partial charge in [-0.05, 0) is 13.0 Å². The topological polar surface area (TPSA) is 62.3 Å². The third-order valence-electron chi connectivity index (χ3n) is 3.17. The van der Waals surface area contributed by atoms with Crippen molar-refractivity contribution in [1.82, 2.24) is 9.78 Å². The largest absolute Gasteiger partial charge is 0.496 e. The van der Waals surface area contributed by atoms with Gasteiger partial charge in [-0.3, -0.25) is 4.68 Å². The number of nitrogens with zero attached hydrogens (tertiary/aromatic N) is 2. The number of benzene rings is 1. The Labute approximate surface area is 117 Å². The highest BCUT2D eigenvalue weighted by Crippen LogP contribution is 2.39. The Kier molecular flexibility index (Phi) is 3.83. The van der Waals surface area contributed by atoms with Crippen LogP contribution in [0.15, 0.2) is 18.2 Å². The molecule has 0 radical (unpaired) electrons. The van der Waals surface area contributed by atoms with E-state index in [1.54, 1.807) is 37.0 Å². The van der Waals surface area contributed by atoms with E-state index in [2.05, 4.69) is 5.10 Å². The van der Waals surface area contributed by atoms with Crippen LogP contribution in [0.2, 0.25) is 0 Å². The van der Waals surface area contributed by atoms with Gasteiger partial charge in [0.1, 0.15) is 23.5 Å². The maximum absolute atomic E-state index is 13.7. The second-order valence-electron chi connectivity index (χ2n) is 4.49. The van der Waals surface area contributed by atoms with E-state index in [4.69, 9.17) is 15.2 Å². The summed E-state index contributed by atoms with van der Waals surface area (Å²) in [6.45, 7) is 1.46. The van der Waals surface area contributed by atoms with Crippen molar-refractivity contribution in [3.05, 3.63) is 23.8 Å². The highest BCUT2D eigenvalue weighted by molar-refractivity contribution is 5.72. The summed E-state index contributed by atoms with van der Waals surface area (Å²) >= 11 is 0. The summed E-state index contributed by atoms with van der Waals surface area (Å²) in [4.78, 5) is 0. The van der Waals surface area contributed by atoms with Crippen LogP contribution in [0.1, 0.15) is 18.7 Å². The molecule has 2 aromatic rings. The van der Waals surface area contributed by atoms with E-state index < -0.39 is 6.17 Å². The molecule has 0 aliphatic heterocycles. The van der Waals surface area contributed by atoms with Gasteiger partial charge in [0.2, 0.25) is 0 Å². The van der Waals surface area contributed by atoms with Crippen LogP contribution in [-0.2, 0) is 7.05 Å². The standard InChI is InChI=1S/C14H18FN3O2/c1-8(15)9-5-10(11-6-14(16)18(2)17-11)13(20-4)7-12(9)19-3/h5-8H,16H2,1-4H3. The fraction of sp³-hybridized carbons (Fsp3) is 0.357. The molecule has 0 amide bonds. The number of halogens is 1. The third kappa shape index (κ3) is 2.41. The number of aryl methyl sites for hydroxylation is 1. The van der Waals surface area contributed by atoms with Crippen molar-refractivity contribution in [1.29, 1.82) is 0 Å². The lowest BCUT2D eigenvalue weighted by Crippen LogP contribution is -1.98. The van der Waals surface area contributed by atoms with E-state index in [9.17, 15) is 4.39 Å². The fourth-order valence-electron chi connectivity index (χ4n) is 2.05. The number of nitrogen functional groups attached to an aromatic ring is 1. The summed E-state index contributed by atoms with van der Waals surface area (Å²) in [5, 5.41) is 4.29. The lowest BCUT2D eigenvalue weighted by atomic mass is 10.0. The molecular weight excluding hydrogens is 261 g/mol. The molecule has 1 aromatic carbocycles. The van der Waals surface area contributed by atoms with Gasteiger partial charge in [-0.25, -0.2) is 4.39 Å². The summed E-state index contributed by atoms with van der Waals surface area (Å²) in [5.41, 5.74) is 7.55. The number of aromatic nitrogens is 2. The first-order valence-electron chi connectivity index (χ1n) is 6.17. The number of ether oxygens (including phenoxy) is 2. The lowest BCUT2D eigenvalue weighted by molar-refractivity contribution is 0.343. The van der Waals surface area contributed by atoms with E-state index in [1.807, 2.05) is 0 Å². The molecule has 0 fully saturated rings. The van der Waals surface area contributed by atoms with Gasteiger partial charge in [0, 0.05) is 30.3 Å². The molecular formula is C14H18FN3O2. The van der Waals surface area contributed by atoms with Crippen molar-refractivity contribution >= 4 is 5.82 Å². The minimum Gasteiger partial charge on any atom is -0.496 e. The van der Waals surface area contributed by atoms with Gasteiger partial charge in [0.15, 0.2) is 0 Å². The number of nitrogens with two attached hydrogens (primary N) is 1. The number of methoxy groups -OCH3 is 2. The average Bonchev–Trinajstić information content (AvgIpc) is 2.76. The van der Waals surface area contributed by atoms with E-state index >= 15 is 0 Å². The third-order valence-corrected chi connectivity index (χ3v) is 3.17. The van der Waals surface area contributed by atoms with Gasteiger partial charge < -0.3 is 15.2 Å². The minimum atomic E-state index is -1.16. The molecule has 1 heterocycles. The normalized spacial score (nSPS) is 12.2. The highest BCUT2D eigenvalue weighted by atomic mass is 19.1. The van der Waals surface area contributed by atoms with Crippen LogP contribution < -0.4 is 15.2 Å². The van der Waals surface area contributed by atoms with Gasteiger partial charge in [0.05, 0.1) is 19.9 Å². The Morgan fingerprint density at radius 2 is 1.85 bits per heavy atom. The van der Waals surface area contributed by atoms with Crippen LogP contribution in [0.4, 0.5) is 10.2 Å². The van der Waals surface area contributed by atoms with Gasteiger partial charge in [-0.1, -0.05) is 0 Å². The Morgan fingerprint density at radius 1 is 1.20 bits per heavy atom. The van der Waals surface area contributed by atoms with E-state index in [0.717, 1.165) is 0 Å². The van der Waals surface area contributed by atoms with Gasteiger partial charge >= 0.3 is 0 Å². The minimum absolute atomic E-state index is 0.449. The monoisotopic (exact) mass is 279 g/mol. The zero-order valence-electron chi connectivity index (χ0n) is 12.0. The van der Waals surface area contributed by atoms with Crippen LogP contribution in [0.3, 0.4) is 0 Å². The van der Waals surface area contributed by atoms with Crippen LogP contribution in [0, 0.1) is 0 Å². The van der Waals surface area contributed by atoms with Crippen molar-refractivity contribution in [3.63, 3.8) is 0 Å². The summed E-state index contributed by atoms with van der Waals surface area (Å²) < 4.78 is 25.8. The van der Waals surface area contributed by atoms with Crippen molar-refractivity contribution in [2.45, 2.75) is 13.1 Å². The molecule has 6 heteroatoms. The molecule has 0 saturated heterocycles. The molecule has 0 aliphatic rings. The van der Waals surface area contributed by atoms with E-state index in [-0.39, 0.29) is 0 Å². The summed E-state index contributed by atoms with van der Waals surface area (Å²) in [5.74, 6) is 1.53. The van der Waals surface area contributed by atoms with Gasteiger partial charge in [-0.2, -0.15) is 5.10 Å². The zero-order valence-corrected chi connectivity index (χ0v) is 12.0. The first-order valence-corrected chi connectivity index (χ1v) is 6.17. The molecule has 20 heavy (non-hydrogen) atoms. The van der Waals surface area contributed by atoms with Crippen molar-refractivity contribution < 1.29 is 13.9 Å². The number of anilines is 1.